The second kappa shape index (κ2) is 8.39. The molecule has 0 saturated heterocycles. The zero-order chi connectivity index (χ0) is 25.2. The van der Waals surface area contributed by atoms with E-state index in [0.29, 0.717) is 23.2 Å². The molecule has 0 unspecified atom stereocenters. The van der Waals surface area contributed by atoms with E-state index in [1.807, 2.05) is 6.92 Å². The third-order valence-corrected chi connectivity index (χ3v) is 11.5. The van der Waals surface area contributed by atoms with E-state index in [9.17, 15) is 14.7 Å². The van der Waals surface area contributed by atoms with Crippen molar-refractivity contribution in [2.75, 3.05) is 6.61 Å². The summed E-state index contributed by atoms with van der Waals surface area (Å²) in [6.07, 6.45) is 11.2. The Morgan fingerprint density at radius 1 is 1.03 bits per heavy atom. The van der Waals surface area contributed by atoms with Crippen molar-refractivity contribution in [1.82, 2.24) is 15.0 Å². The van der Waals surface area contributed by atoms with Crippen LogP contribution in [-0.4, -0.2) is 44.1 Å². The van der Waals surface area contributed by atoms with Crippen LogP contribution in [0.3, 0.4) is 0 Å². The van der Waals surface area contributed by atoms with E-state index in [1.54, 1.807) is 6.92 Å². The first-order chi connectivity index (χ1) is 16.4. The first-order valence-electron chi connectivity index (χ1n) is 13.8. The maximum absolute atomic E-state index is 13.6. The first-order valence-corrected chi connectivity index (χ1v) is 13.8. The Balaban J connectivity index is 1.33. The molecule has 0 bridgehead atoms. The number of fused-ring (bicyclic) bond motifs is 5. The fourth-order valence-electron chi connectivity index (χ4n) is 9.29. The predicted octanol–water partition coefficient (Wildman–Crippen LogP) is 4.82. The Hall–Kier alpha value is -1.76. The Labute approximate surface area is 209 Å². The number of Topliss-reactive ketones (excluding diaryl/α,β-unsaturated/α-hetero) is 1. The van der Waals surface area contributed by atoms with Gasteiger partial charge in [-0.25, -0.2) is 9.48 Å². The predicted molar refractivity (Wildman–Crippen MR) is 131 cm³/mol. The average Bonchev–Trinajstić information content (AvgIpc) is 3.36. The van der Waals surface area contributed by atoms with Crippen molar-refractivity contribution in [3.63, 3.8) is 0 Å². The fraction of sp³-hybridized carbons (Fsp3) is 0.857. The van der Waals surface area contributed by atoms with E-state index < -0.39 is 11.6 Å². The molecule has 1 aromatic rings. The van der Waals surface area contributed by atoms with Crippen LogP contribution in [0.5, 0.6) is 0 Å². The smallest absolute Gasteiger partial charge is 0.360 e. The molecule has 4 saturated carbocycles. The van der Waals surface area contributed by atoms with Crippen LogP contribution in [0, 0.1) is 39.9 Å². The summed E-state index contributed by atoms with van der Waals surface area (Å²) in [5, 5.41) is 18.7. The average molecular weight is 486 g/mol. The molecule has 35 heavy (non-hydrogen) atoms. The highest BCUT2D eigenvalue weighted by Crippen LogP contribution is 2.73. The van der Waals surface area contributed by atoms with Gasteiger partial charge in [-0.1, -0.05) is 26.0 Å². The lowest BCUT2D eigenvalue weighted by molar-refractivity contribution is -0.176. The lowest BCUT2D eigenvalue weighted by Gasteiger charge is -2.65. The summed E-state index contributed by atoms with van der Waals surface area (Å²) in [7, 11) is 0. The Bertz CT molecular complexity index is 1000. The minimum absolute atomic E-state index is 0.0147. The second-order valence-electron chi connectivity index (χ2n) is 13.1. The lowest BCUT2D eigenvalue weighted by atomic mass is 9.40. The molecular formula is C28H43N3O4. The third-order valence-electron chi connectivity index (χ3n) is 11.5. The van der Waals surface area contributed by atoms with Crippen molar-refractivity contribution in [1.29, 1.82) is 0 Å². The summed E-state index contributed by atoms with van der Waals surface area (Å²) in [4.78, 5) is 25.6. The van der Waals surface area contributed by atoms with Crippen molar-refractivity contribution >= 4 is 11.8 Å². The second-order valence-corrected chi connectivity index (χ2v) is 13.1. The fourth-order valence-corrected chi connectivity index (χ4v) is 9.29. The van der Waals surface area contributed by atoms with Crippen molar-refractivity contribution in [2.24, 2.45) is 39.9 Å². The number of nitrogens with zero attached hydrogens (tertiary/aromatic N) is 3. The van der Waals surface area contributed by atoms with Gasteiger partial charge in [0.1, 0.15) is 6.54 Å². The summed E-state index contributed by atoms with van der Waals surface area (Å²) in [6, 6.07) is 0. The minimum Gasteiger partial charge on any atom is -0.461 e. The summed E-state index contributed by atoms with van der Waals surface area (Å²) in [5.41, 5.74) is 0.0895. The molecule has 0 spiro atoms. The summed E-state index contributed by atoms with van der Waals surface area (Å²) in [6.45, 7) is 11.6. The number of ketones is 1. The Morgan fingerprint density at radius 2 is 1.77 bits per heavy atom. The number of hydrogen-bond acceptors (Lipinski definition) is 6. The van der Waals surface area contributed by atoms with Crippen LogP contribution in [0.4, 0.5) is 0 Å². The van der Waals surface area contributed by atoms with Gasteiger partial charge in [-0.15, -0.1) is 5.10 Å². The van der Waals surface area contributed by atoms with Crippen LogP contribution in [0.15, 0.2) is 6.20 Å². The maximum atomic E-state index is 13.6. The number of rotatable bonds is 5. The van der Waals surface area contributed by atoms with Crippen LogP contribution >= 0.6 is 0 Å². The van der Waals surface area contributed by atoms with Gasteiger partial charge < -0.3 is 9.84 Å². The first kappa shape index (κ1) is 24.9. The van der Waals surface area contributed by atoms with Gasteiger partial charge in [0, 0.05) is 5.92 Å². The number of ether oxygens (including phenoxy) is 1. The van der Waals surface area contributed by atoms with E-state index in [2.05, 4.69) is 31.1 Å². The van der Waals surface area contributed by atoms with Gasteiger partial charge in [0.2, 0.25) is 0 Å². The molecule has 4 aliphatic carbocycles. The number of hydrogen-bond donors (Lipinski definition) is 1. The number of aromatic nitrogens is 3. The topological polar surface area (TPSA) is 94.3 Å². The molecule has 1 N–H and O–H groups in total. The molecule has 4 fully saturated rings. The molecule has 1 heterocycles. The SMILES string of the molecule is CCOC(=O)c1cn(CC(=O)[C@H]2CC[C@@]3(C)[C@@H]4CC[C@@H]5C[C@](C)(O)CC[C@]5(C)[C@H]4CC[C@]23C)nn1. The van der Waals surface area contributed by atoms with Crippen molar-refractivity contribution in [2.45, 2.75) is 105 Å². The zero-order valence-corrected chi connectivity index (χ0v) is 22.2. The molecule has 0 radical (unpaired) electrons. The molecule has 8 atom stereocenters. The highest BCUT2D eigenvalue weighted by atomic mass is 16.5. The number of esters is 1. The molecular weight excluding hydrogens is 442 g/mol. The largest absolute Gasteiger partial charge is 0.461 e. The molecule has 0 aliphatic heterocycles. The van der Waals surface area contributed by atoms with Gasteiger partial charge in [-0.2, -0.15) is 0 Å². The lowest BCUT2D eigenvalue weighted by Crippen LogP contribution is -2.59. The van der Waals surface area contributed by atoms with Gasteiger partial charge in [0.05, 0.1) is 18.4 Å². The van der Waals surface area contributed by atoms with E-state index in [-0.39, 0.29) is 41.4 Å². The van der Waals surface area contributed by atoms with Crippen molar-refractivity contribution < 1.29 is 19.4 Å². The molecule has 0 aromatic carbocycles. The van der Waals surface area contributed by atoms with E-state index in [0.717, 1.165) is 38.5 Å². The third kappa shape index (κ3) is 3.79. The van der Waals surface area contributed by atoms with Gasteiger partial charge >= 0.3 is 5.97 Å². The van der Waals surface area contributed by atoms with Crippen LogP contribution in [0.25, 0.3) is 0 Å². The number of aliphatic hydroxyl groups is 1. The van der Waals surface area contributed by atoms with Crippen LogP contribution < -0.4 is 0 Å². The quantitative estimate of drug-likeness (QED) is 0.601. The number of carbonyl (C=O) groups is 2. The van der Waals surface area contributed by atoms with Crippen LogP contribution in [0.1, 0.15) is 103 Å². The molecule has 7 nitrogen and oxygen atoms in total. The highest BCUT2D eigenvalue weighted by molar-refractivity contribution is 5.87. The van der Waals surface area contributed by atoms with Gasteiger partial charge in [-0.05, 0) is 106 Å². The van der Waals surface area contributed by atoms with E-state index in [4.69, 9.17) is 4.74 Å². The molecule has 7 heteroatoms. The molecule has 1 aromatic heterocycles. The summed E-state index contributed by atoms with van der Waals surface area (Å²) >= 11 is 0. The van der Waals surface area contributed by atoms with Gasteiger partial charge in [0.25, 0.3) is 0 Å². The van der Waals surface area contributed by atoms with E-state index >= 15 is 0 Å². The molecule has 4 aliphatic rings. The molecule has 0 amide bonds. The number of carbonyl (C=O) groups excluding carboxylic acids is 2. The summed E-state index contributed by atoms with van der Waals surface area (Å²) < 4.78 is 6.50. The Morgan fingerprint density at radius 3 is 2.51 bits per heavy atom. The zero-order valence-electron chi connectivity index (χ0n) is 22.2. The van der Waals surface area contributed by atoms with Crippen molar-refractivity contribution in [3.05, 3.63) is 11.9 Å². The van der Waals surface area contributed by atoms with Gasteiger partial charge in [-0.3, -0.25) is 4.79 Å². The molecule has 5 rings (SSSR count). The normalized spacial score (nSPS) is 44.7. The minimum atomic E-state index is -0.510. The summed E-state index contributed by atoms with van der Waals surface area (Å²) in [5.74, 6) is 1.67. The standard InChI is InChI=1S/C28H43N3O4/c1-6-35-24(33)22-16-31(30-29-22)17-23(32)21-10-12-27(4)20-8-7-18-15-25(2,34)13-14-26(18,3)19(20)9-11-28(21,27)5/h16,18-21,34H,6-15,17H2,1-5H3/t18-,19+,20-,21-,25-,26+,27+,28-/m1/s1. The van der Waals surface area contributed by atoms with E-state index in [1.165, 1.54) is 30.1 Å². The molecule has 194 valence electrons. The Kier molecular flexibility index (Phi) is 5.97. The monoisotopic (exact) mass is 485 g/mol. The van der Waals surface area contributed by atoms with Crippen molar-refractivity contribution in [3.8, 4) is 0 Å². The van der Waals surface area contributed by atoms with Crippen LogP contribution in [0.2, 0.25) is 0 Å². The highest BCUT2D eigenvalue weighted by Gasteiger charge is 2.66. The van der Waals surface area contributed by atoms with Gasteiger partial charge in [0.15, 0.2) is 11.5 Å². The maximum Gasteiger partial charge on any atom is 0.360 e. The van der Waals surface area contributed by atoms with Crippen LogP contribution in [-0.2, 0) is 16.1 Å².